The Morgan fingerprint density at radius 3 is 2.52 bits per heavy atom. The van der Waals surface area contributed by atoms with E-state index in [-0.39, 0.29) is 30.2 Å². The summed E-state index contributed by atoms with van der Waals surface area (Å²) in [6, 6.07) is 6.86. The summed E-state index contributed by atoms with van der Waals surface area (Å²) in [5.41, 5.74) is 3.09. The van der Waals surface area contributed by atoms with E-state index < -0.39 is 0 Å². The van der Waals surface area contributed by atoms with Gasteiger partial charge in [-0.3, -0.25) is 14.4 Å². The molecule has 0 saturated carbocycles. The smallest absolute Gasteiger partial charge is 0.253 e. The van der Waals surface area contributed by atoms with E-state index in [1.807, 2.05) is 19.9 Å². The highest BCUT2D eigenvalue weighted by molar-refractivity contribution is 5.94. The molecule has 0 unspecified atom stereocenters. The standard InChI is InChI=1S/C19H22N2O4/c1-11-7-12(2)21-19(24)16(11)10-20-18(23)9-15-8-14(13(3)22)5-6-17(15)25-4/h5-8H,9-10H2,1-4H3,(H,20,23)(H,21,24). The van der Waals surface area contributed by atoms with Crippen molar-refractivity contribution in [1.29, 1.82) is 0 Å². The van der Waals surface area contributed by atoms with Crippen LogP contribution in [0.1, 0.15) is 39.7 Å². The van der Waals surface area contributed by atoms with Gasteiger partial charge in [0, 0.05) is 28.9 Å². The van der Waals surface area contributed by atoms with Crippen molar-refractivity contribution in [2.24, 2.45) is 0 Å². The van der Waals surface area contributed by atoms with Crippen LogP contribution in [0.2, 0.25) is 0 Å². The van der Waals surface area contributed by atoms with Crippen molar-refractivity contribution in [2.75, 3.05) is 7.11 Å². The maximum absolute atomic E-state index is 12.3. The molecule has 132 valence electrons. The Labute approximate surface area is 146 Å². The monoisotopic (exact) mass is 342 g/mol. The molecule has 2 aromatic rings. The van der Waals surface area contributed by atoms with Gasteiger partial charge in [-0.1, -0.05) is 0 Å². The second kappa shape index (κ2) is 7.79. The third-order valence-corrected chi connectivity index (χ3v) is 3.99. The van der Waals surface area contributed by atoms with Gasteiger partial charge in [-0.25, -0.2) is 0 Å². The number of carbonyl (C=O) groups is 2. The van der Waals surface area contributed by atoms with Crippen LogP contribution in [0.4, 0.5) is 0 Å². The molecule has 6 heteroatoms. The molecule has 1 amide bonds. The van der Waals surface area contributed by atoms with Crippen molar-refractivity contribution < 1.29 is 14.3 Å². The van der Waals surface area contributed by atoms with Crippen LogP contribution < -0.4 is 15.6 Å². The molecule has 0 saturated heterocycles. The number of hydrogen-bond donors (Lipinski definition) is 2. The molecule has 0 atom stereocenters. The predicted octanol–water partition coefficient (Wildman–Crippen LogP) is 2.06. The third-order valence-electron chi connectivity index (χ3n) is 3.99. The second-order valence-corrected chi connectivity index (χ2v) is 5.98. The van der Waals surface area contributed by atoms with Gasteiger partial charge in [-0.2, -0.15) is 0 Å². The number of H-pyrrole nitrogens is 1. The van der Waals surface area contributed by atoms with Gasteiger partial charge in [-0.15, -0.1) is 0 Å². The Morgan fingerprint density at radius 2 is 1.92 bits per heavy atom. The number of rotatable bonds is 6. The Kier molecular flexibility index (Phi) is 5.75. The molecule has 0 fully saturated rings. The zero-order valence-electron chi connectivity index (χ0n) is 14.9. The van der Waals surface area contributed by atoms with Gasteiger partial charge in [0.05, 0.1) is 13.5 Å². The van der Waals surface area contributed by atoms with Crippen molar-refractivity contribution in [1.82, 2.24) is 10.3 Å². The molecule has 0 radical (unpaired) electrons. The first-order valence-electron chi connectivity index (χ1n) is 7.95. The number of Topliss-reactive ketones (excluding diaryl/α,β-unsaturated/α-hetero) is 1. The number of pyridine rings is 1. The van der Waals surface area contributed by atoms with Crippen LogP contribution in [0.15, 0.2) is 29.1 Å². The number of benzene rings is 1. The highest BCUT2D eigenvalue weighted by atomic mass is 16.5. The van der Waals surface area contributed by atoms with Gasteiger partial charge in [0.25, 0.3) is 5.56 Å². The molecule has 2 N–H and O–H groups in total. The summed E-state index contributed by atoms with van der Waals surface area (Å²) in [4.78, 5) is 38.5. The van der Waals surface area contributed by atoms with Crippen LogP contribution >= 0.6 is 0 Å². The second-order valence-electron chi connectivity index (χ2n) is 5.98. The predicted molar refractivity (Wildman–Crippen MR) is 95.1 cm³/mol. The van der Waals surface area contributed by atoms with Crippen molar-refractivity contribution in [2.45, 2.75) is 33.7 Å². The molecule has 2 rings (SSSR count). The summed E-state index contributed by atoms with van der Waals surface area (Å²) in [5.74, 6) is 0.217. The van der Waals surface area contributed by atoms with E-state index >= 15 is 0 Å². The number of aromatic amines is 1. The molecule has 0 aliphatic rings. The molecule has 0 bridgehead atoms. The highest BCUT2D eigenvalue weighted by Gasteiger charge is 2.13. The van der Waals surface area contributed by atoms with Crippen LogP contribution in [0, 0.1) is 13.8 Å². The highest BCUT2D eigenvalue weighted by Crippen LogP contribution is 2.21. The van der Waals surface area contributed by atoms with Gasteiger partial charge >= 0.3 is 0 Å². The van der Waals surface area contributed by atoms with Crippen LogP contribution in [-0.2, 0) is 17.8 Å². The fourth-order valence-corrected chi connectivity index (χ4v) is 2.66. The number of amides is 1. The van der Waals surface area contributed by atoms with Crippen LogP contribution in [0.25, 0.3) is 0 Å². The lowest BCUT2D eigenvalue weighted by Crippen LogP contribution is -2.29. The van der Waals surface area contributed by atoms with Gasteiger partial charge in [0.2, 0.25) is 5.91 Å². The van der Waals surface area contributed by atoms with Gasteiger partial charge in [0.15, 0.2) is 5.78 Å². The number of ether oxygens (including phenoxy) is 1. The zero-order valence-corrected chi connectivity index (χ0v) is 14.9. The third kappa shape index (κ3) is 4.56. The number of hydrogen-bond acceptors (Lipinski definition) is 4. The van der Waals surface area contributed by atoms with Crippen molar-refractivity contribution >= 4 is 11.7 Å². The van der Waals surface area contributed by atoms with Crippen molar-refractivity contribution in [3.8, 4) is 5.75 Å². The largest absolute Gasteiger partial charge is 0.496 e. The summed E-state index contributed by atoms with van der Waals surface area (Å²) in [6.45, 7) is 5.27. The summed E-state index contributed by atoms with van der Waals surface area (Å²) < 4.78 is 5.25. The Balaban J connectivity index is 2.12. The average molecular weight is 342 g/mol. The number of carbonyl (C=O) groups excluding carboxylic acids is 2. The minimum atomic E-state index is -0.252. The molecule has 1 aromatic carbocycles. The summed E-state index contributed by atoms with van der Waals surface area (Å²) in [6.07, 6.45) is 0.0626. The quantitative estimate of drug-likeness (QED) is 0.787. The van der Waals surface area contributed by atoms with E-state index in [0.717, 1.165) is 11.3 Å². The minimum Gasteiger partial charge on any atom is -0.496 e. The zero-order chi connectivity index (χ0) is 18.6. The number of ketones is 1. The first kappa shape index (κ1) is 18.4. The fourth-order valence-electron chi connectivity index (χ4n) is 2.66. The Bertz CT molecular complexity index is 868. The topological polar surface area (TPSA) is 88.3 Å². The molecule has 0 aliphatic carbocycles. The molecular weight excluding hydrogens is 320 g/mol. The molecule has 25 heavy (non-hydrogen) atoms. The number of methoxy groups -OCH3 is 1. The van der Waals surface area contributed by atoms with E-state index in [0.29, 0.717) is 22.4 Å². The summed E-state index contributed by atoms with van der Waals surface area (Å²) in [5, 5.41) is 2.75. The van der Waals surface area contributed by atoms with Gasteiger partial charge in [0.1, 0.15) is 5.75 Å². The molecule has 0 aliphatic heterocycles. The Morgan fingerprint density at radius 1 is 1.20 bits per heavy atom. The number of aromatic nitrogens is 1. The lowest BCUT2D eigenvalue weighted by molar-refractivity contribution is -0.120. The van der Waals surface area contributed by atoms with Crippen LogP contribution in [0.3, 0.4) is 0 Å². The lowest BCUT2D eigenvalue weighted by atomic mass is 10.0. The lowest BCUT2D eigenvalue weighted by Gasteiger charge is -2.11. The summed E-state index contributed by atoms with van der Waals surface area (Å²) in [7, 11) is 1.51. The van der Waals surface area contributed by atoms with Crippen molar-refractivity contribution in [3.05, 3.63) is 62.6 Å². The molecule has 6 nitrogen and oxygen atoms in total. The first-order chi connectivity index (χ1) is 11.8. The van der Waals surface area contributed by atoms with Crippen molar-refractivity contribution in [3.63, 3.8) is 0 Å². The van der Waals surface area contributed by atoms with E-state index in [1.54, 1.807) is 18.2 Å². The van der Waals surface area contributed by atoms with E-state index in [2.05, 4.69) is 10.3 Å². The van der Waals surface area contributed by atoms with Crippen LogP contribution in [0.5, 0.6) is 5.75 Å². The maximum atomic E-state index is 12.3. The van der Waals surface area contributed by atoms with Gasteiger partial charge < -0.3 is 15.0 Å². The SMILES string of the molecule is COc1ccc(C(C)=O)cc1CC(=O)NCc1c(C)cc(C)[nH]c1=O. The fraction of sp³-hybridized carbons (Fsp3) is 0.316. The molecule has 1 heterocycles. The first-order valence-corrected chi connectivity index (χ1v) is 7.95. The minimum absolute atomic E-state index is 0.0626. The molecule has 1 aromatic heterocycles. The van der Waals surface area contributed by atoms with E-state index in [9.17, 15) is 14.4 Å². The Hall–Kier alpha value is -2.89. The van der Waals surface area contributed by atoms with Crippen LogP contribution in [-0.4, -0.2) is 23.8 Å². The molecular formula is C19H22N2O4. The normalized spacial score (nSPS) is 10.4. The number of aryl methyl sites for hydroxylation is 2. The van der Waals surface area contributed by atoms with E-state index in [1.165, 1.54) is 14.0 Å². The van der Waals surface area contributed by atoms with Gasteiger partial charge in [-0.05, 0) is 50.6 Å². The number of nitrogens with one attached hydrogen (secondary N) is 2. The maximum Gasteiger partial charge on any atom is 0.253 e. The molecule has 0 spiro atoms. The summed E-state index contributed by atoms with van der Waals surface area (Å²) >= 11 is 0. The average Bonchev–Trinajstić information content (AvgIpc) is 2.53. The van der Waals surface area contributed by atoms with E-state index in [4.69, 9.17) is 4.74 Å².